The second-order valence-corrected chi connectivity index (χ2v) is 5.86. The molecule has 0 saturated heterocycles. The van der Waals surface area contributed by atoms with E-state index < -0.39 is 0 Å². The molecule has 90 valence electrons. The number of fused-ring (bicyclic) bond motifs is 1. The van der Waals surface area contributed by atoms with Crippen LogP contribution in [0, 0.1) is 5.92 Å². The van der Waals surface area contributed by atoms with E-state index >= 15 is 0 Å². The number of hydrogen-bond acceptors (Lipinski definition) is 4. The van der Waals surface area contributed by atoms with Crippen molar-refractivity contribution < 1.29 is 0 Å². The highest BCUT2D eigenvalue weighted by molar-refractivity contribution is 7.16. The van der Waals surface area contributed by atoms with E-state index in [1.807, 2.05) is 0 Å². The molecule has 4 heteroatoms. The van der Waals surface area contributed by atoms with Crippen LogP contribution in [0.2, 0.25) is 0 Å². The molecule has 1 aliphatic rings. The molecule has 3 rings (SSSR count). The minimum absolute atomic E-state index is 0.587. The maximum absolute atomic E-state index is 4.38. The summed E-state index contributed by atoms with van der Waals surface area (Å²) in [6.45, 7) is 2.35. The summed E-state index contributed by atoms with van der Waals surface area (Å²) in [4.78, 5) is 9.73. The lowest BCUT2D eigenvalue weighted by atomic mass is 9.87. The molecule has 0 atom stereocenters. The predicted molar refractivity (Wildman–Crippen MR) is 72.5 cm³/mol. The highest BCUT2D eigenvalue weighted by Gasteiger charge is 2.19. The van der Waals surface area contributed by atoms with Crippen molar-refractivity contribution >= 4 is 27.4 Å². The maximum atomic E-state index is 4.38. The number of nitrogens with zero attached hydrogens (tertiary/aromatic N) is 2. The molecule has 17 heavy (non-hydrogen) atoms. The fourth-order valence-corrected chi connectivity index (χ4v) is 3.24. The third-order valence-corrected chi connectivity index (χ3v) is 4.44. The molecule has 0 aliphatic heterocycles. The van der Waals surface area contributed by atoms with Gasteiger partial charge in [-0.1, -0.05) is 6.92 Å². The second kappa shape index (κ2) is 4.61. The Hall–Kier alpha value is -1.16. The van der Waals surface area contributed by atoms with Gasteiger partial charge >= 0.3 is 0 Å². The van der Waals surface area contributed by atoms with Crippen LogP contribution < -0.4 is 5.32 Å². The van der Waals surface area contributed by atoms with E-state index in [1.54, 1.807) is 17.7 Å². The number of nitrogens with one attached hydrogen (secondary N) is 1. The molecule has 0 radical (unpaired) electrons. The molecule has 2 aromatic rings. The molecule has 1 N–H and O–H groups in total. The summed E-state index contributed by atoms with van der Waals surface area (Å²) in [5, 5.41) is 6.83. The quantitative estimate of drug-likeness (QED) is 0.879. The molecule has 1 fully saturated rings. The molecule has 0 spiro atoms. The van der Waals surface area contributed by atoms with Crippen molar-refractivity contribution in [2.75, 3.05) is 5.32 Å². The molecule has 3 nitrogen and oxygen atoms in total. The van der Waals surface area contributed by atoms with E-state index in [0.717, 1.165) is 22.0 Å². The molecule has 0 unspecified atom stereocenters. The van der Waals surface area contributed by atoms with Crippen molar-refractivity contribution in [3.05, 3.63) is 17.8 Å². The Labute approximate surface area is 105 Å². The topological polar surface area (TPSA) is 37.8 Å². The molecule has 0 bridgehead atoms. The van der Waals surface area contributed by atoms with E-state index in [4.69, 9.17) is 0 Å². The van der Waals surface area contributed by atoms with Crippen molar-refractivity contribution in [2.45, 2.75) is 38.6 Å². The lowest BCUT2D eigenvalue weighted by molar-refractivity contribution is 0.361. The van der Waals surface area contributed by atoms with Gasteiger partial charge in [-0.15, -0.1) is 11.3 Å². The lowest BCUT2D eigenvalue weighted by Crippen LogP contribution is -2.25. The van der Waals surface area contributed by atoms with E-state index in [2.05, 4.69) is 33.7 Å². The predicted octanol–water partition coefficient (Wildman–Crippen LogP) is 3.68. The van der Waals surface area contributed by atoms with Crippen LogP contribution >= 0.6 is 11.3 Å². The Morgan fingerprint density at radius 1 is 1.24 bits per heavy atom. The summed E-state index contributed by atoms with van der Waals surface area (Å²) in [5.74, 6) is 1.90. The third kappa shape index (κ3) is 2.27. The number of aromatic nitrogens is 2. The van der Waals surface area contributed by atoms with E-state index in [1.165, 1.54) is 25.7 Å². The van der Waals surface area contributed by atoms with Gasteiger partial charge in [-0.2, -0.15) is 0 Å². The largest absolute Gasteiger partial charge is 0.367 e. The summed E-state index contributed by atoms with van der Waals surface area (Å²) < 4.78 is 0. The second-order valence-electron chi connectivity index (χ2n) is 4.96. The summed E-state index contributed by atoms with van der Waals surface area (Å²) >= 11 is 1.67. The number of rotatable bonds is 2. The van der Waals surface area contributed by atoms with E-state index in [0.29, 0.717) is 6.04 Å². The van der Waals surface area contributed by atoms with Gasteiger partial charge in [-0.3, -0.25) is 0 Å². The van der Waals surface area contributed by atoms with Crippen molar-refractivity contribution in [2.24, 2.45) is 5.92 Å². The first-order valence-corrected chi connectivity index (χ1v) is 7.15. The first kappa shape index (κ1) is 11.0. The minimum atomic E-state index is 0.587. The monoisotopic (exact) mass is 247 g/mol. The van der Waals surface area contributed by atoms with Crippen LogP contribution in [0.4, 0.5) is 5.82 Å². The molecule has 1 saturated carbocycles. The van der Waals surface area contributed by atoms with Gasteiger partial charge in [0, 0.05) is 6.04 Å². The molecule has 0 aromatic carbocycles. The Morgan fingerprint density at radius 2 is 2.06 bits per heavy atom. The van der Waals surface area contributed by atoms with Gasteiger partial charge in [0.25, 0.3) is 0 Å². The smallest absolute Gasteiger partial charge is 0.138 e. The molecular weight excluding hydrogens is 230 g/mol. The Balaban J connectivity index is 1.78. The van der Waals surface area contributed by atoms with Crippen molar-refractivity contribution in [1.29, 1.82) is 0 Å². The SMILES string of the molecule is CC1CCC(Nc2ncnc3sccc23)CC1. The highest BCUT2D eigenvalue weighted by atomic mass is 32.1. The van der Waals surface area contributed by atoms with Crippen molar-refractivity contribution in [3.63, 3.8) is 0 Å². The van der Waals surface area contributed by atoms with E-state index in [-0.39, 0.29) is 0 Å². The van der Waals surface area contributed by atoms with Gasteiger partial charge in [0.05, 0.1) is 5.39 Å². The van der Waals surface area contributed by atoms with Crippen molar-refractivity contribution in [1.82, 2.24) is 9.97 Å². The zero-order chi connectivity index (χ0) is 11.7. The molecule has 0 amide bonds. The Morgan fingerprint density at radius 3 is 2.88 bits per heavy atom. The third-order valence-electron chi connectivity index (χ3n) is 3.62. The zero-order valence-electron chi connectivity index (χ0n) is 10.0. The van der Waals surface area contributed by atoms with Gasteiger partial charge in [-0.05, 0) is 43.0 Å². The molecular formula is C13H17N3S. The van der Waals surface area contributed by atoms with Crippen LogP contribution in [-0.2, 0) is 0 Å². The van der Waals surface area contributed by atoms with Crippen LogP contribution in [0.15, 0.2) is 17.8 Å². The summed E-state index contributed by atoms with van der Waals surface area (Å²) in [6.07, 6.45) is 6.84. The van der Waals surface area contributed by atoms with Crippen LogP contribution in [0.1, 0.15) is 32.6 Å². The van der Waals surface area contributed by atoms with Crippen LogP contribution in [0.3, 0.4) is 0 Å². The van der Waals surface area contributed by atoms with Crippen molar-refractivity contribution in [3.8, 4) is 0 Å². The number of hydrogen-bond donors (Lipinski definition) is 1. The summed E-state index contributed by atoms with van der Waals surface area (Å²) in [5.41, 5.74) is 0. The average Bonchev–Trinajstić information content (AvgIpc) is 2.81. The fourth-order valence-electron chi connectivity index (χ4n) is 2.50. The van der Waals surface area contributed by atoms with Crippen LogP contribution in [0.25, 0.3) is 10.2 Å². The first-order valence-electron chi connectivity index (χ1n) is 6.27. The van der Waals surface area contributed by atoms with Crippen LogP contribution in [0.5, 0.6) is 0 Å². The standard InChI is InChI=1S/C13H17N3S/c1-9-2-4-10(5-3-9)16-12-11-6-7-17-13(11)15-8-14-12/h6-10H,2-5H2,1H3,(H,14,15,16). The molecule has 2 heterocycles. The summed E-state index contributed by atoms with van der Waals surface area (Å²) in [6, 6.07) is 2.69. The van der Waals surface area contributed by atoms with Gasteiger partial charge in [0.1, 0.15) is 17.0 Å². The number of anilines is 1. The van der Waals surface area contributed by atoms with Gasteiger partial charge in [0.15, 0.2) is 0 Å². The van der Waals surface area contributed by atoms with Gasteiger partial charge in [-0.25, -0.2) is 9.97 Å². The van der Waals surface area contributed by atoms with Gasteiger partial charge in [0.2, 0.25) is 0 Å². The minimum Gasteiger partial charge on any atom is -0.367 e. The number of thiophene rings is 1. The maximum Gasteiger partial charge on any atom is 0.138 e. The highest BCUT2D eigenvalue weighted by Crippen LogP contribution is 2.29. The van der Waals surface area contributed by atoms with E-state index in [9.17, 15) is 0 Å². The fraction of sp³-hybridized carbons (Fsp3) is 0.538. The van der Waals surface area contributed by atoms with Crippen LogP contribution in [-0.4, -0.2) is 16.0 Å². The first-order chi connectivity index (χ1) is 8.33. The molecule has 2 aromatic heterocycles. The molecule has 1 aliphatic carbocycles. The lowest BCUT2D eigenvalue weighted by Gasteiger charge is -2.27. The average molecular weight is 247 g/mol. The summed E-state index contributed by atoms with van der Waals surface area (Å²) in [7, 11) is 0. The normalized spacial score (nSPS) is 25.0. The Bertz CT molecular complexity index is 500. The Kier molecular flexibility index (Phi) is 2.97. The van der Waals surface area contributed by atoms with Gasteiger partial charge < -0.3 is 5.32 Å². The zero-order valence-corrected chi connectivity index (χ0v) is 10.8.